The third-order valence-electron chi connectivity index (χ3n) is 3.49. The lowest BCUT2D eigenvalue weighted by Crippen LogP contribution is -2.13. The lowest BCUT2D eigenvalue weighted by Gasteiger charge is -2.06. The van der Waals surface area contributed by atoms with Gasteiger partial charge in [0.2, 0.25) is 5.82 Å². The first-order valence-electron chi connectivity index (χ1n) is 6.97. The molecule has 2 aromatic carbocycles. The van der Waals surface area contributed by atoms with Gasteiger partial charge in [0.15, 0.2) is 10.9 Å². The summed E-state index contributed by atoms with van der Waals surface area (Å²) in [6.07, 6.45) is -4.57. The number of aromatic nitrogens is 3. The van der Waals surface area contributed by atoms with Crippen molar-refractivity contribution in [2.45, 2.75) is 11.3 Å². The summed E-state index contributed by atoms with van der Waals surface area (Å²) in [5.41, 5.74) is 0.513. The quantitative estimate of drug-likeness (QED) is 0.527. The van der Waals surface area contributed by atoms with E-state index < -0.39 is 12.0 Å². The van der Waals surface area contributed by atoms with Crippen LogP contribution in [0.3, 0.4) is 0 Å². The van der Waals surface area contributed by atoms with Crippen LogP contribution in [0.1, 0.15) is 16.2 Å². The maximum Gasteiger partial charge on any atom is 0.451 e. The lowest BCUT2D eigenvalue weighted by molar-refractivity contribution is -0.147. The standard InChI is InChI=1S/C16H12F3N3OS/c1-22-14(16(17,18)19)20-21-15(22)24-9-13(23)12-7-6-10-4-2-3-5-11(10)8-12/h2-8H,9H2,1H3. The molecule has 0 aliphatic heterocycles. The molecular formula is C16H12F3N3OS. The van der Waals surface area contributed by atoms with E-state index in [1.165, 1.54) is 7.05 Å². The van der Waals surface area contributed by atoms with Crippen molar-refractivity contribution in [2.75, 3.05) is 5.75 Å². The number of thioether (sulfide) groups is 1. The van der Waals surface area contributed by atoms with Crippen LogP contribution in [-0.4, -0.2) is 26.3 Å². The zero-order valence-corrected chi connectivity index (χ0v) is 13.4. The first kappa shape index (κ1) is 16.5. The number of carbonyl (C=O) groups is 1. The Morgan fingerprint density at radius 3 is 2.50 bits per heavy atom. The first-order chi connectivity index (χ1) is 11.4. The van der Waals surface area contributed by atoms with Crippen molar-refractivity contribution in [3.63, 3.8) is 0 Å². The van der Waals surface area contributed by atoms with E-state index in [4.69, 9.17) is 0 Å². The zero-order valence-electron chi connectivity index (χ0n) is 12.5. The fourth-order valence-electron chi connectivity index (χ4n) is 2.26. The van der Waals surface area contributed by atoms with Crippen LogP contribution in [0, 0.1) is 0 Å². The third kappa shape index (κ3) is 3.28. The molecule has 0 radical (unpaired) electrons. The van der Waals surface area contributed by atoms with Gasteiger partial charge < -0.3 is 4.57 Å². The molecule has 124 valence electrons. The normalized spacial score (nSPS) is 11.8. The molecule has 0 aliphatic rings. The van der Waals surface area contributed by atoms with Gasteiger partial charge >= 0.3 is 6.18 Å². The number of halogens is 3. The largest absolute Gasteiger partial charge is 0.451 e. The van der Waals surface area contributed by atoms with Crippen LogP contribution in [0.2, 0.25) is 0 Å². The fourth-order valence-corrected chi connectivity index (χ4v) is 3.07. The minimum atomic E-state index is -4.57. The van der Waals surface area contributed by atoms with Crippen molar-refractivity contribution in [3.8, 4) is 0 Å². The van der Waals surface area contributed by atoms with E-state index in [-0.39, 0.29) is 16.7 Å². The second-order valence-corrected chi connectivity index (χ2v) is 6.08. The summed E-state index contributed by atoms with van der Waals surface area (Å²) in [4.78, 5) is 12.3. The van der Waals surface area contributed by atoms with E-state index >= 15 is 0 Å². The first-order valence-corrected chi connectivity index (χ1v) is 7.96. The second kappa shape index (κ2) is 6.27. The monoisotopic (exact) mass is 351 g/mol. The molecule has 0 aliphatic carbocycles. The van der Waals surface area contributed by atoms with E-state index in [9.17, 15) is 18.0 Å². The van der Waals surface area contributed by atoms with Crippen molar-refractivity contribution in [3.05, 3.63) is 53.9 Å². The predicted molar refractivity (Wildman–Crippen MR) is 85.0 cm³/mol. The van der Waals surface area contributed by atoms with E-state index in [1.54, 1.807) is 12.1 Å². The smallest absolute Gasteiger partial charge is 0.302 e. The van der Waals surface area contributed by atoms with Crippen LogP contribution in [0.4, 0.5) is 13.2 Å². The summed E-state index contributed by atoms with van der Waals surface area (Å²) in [5.74, 6) is -1.27. The SMILES string of the molecule is Cn1c(SCC(=O)c2ccc3ccccc3c2)nnc1C(F)(F)F. The molecule has 0 atom stereocenters. The highest BCUT2D eigenvalue weighted by Gasteiger charge is 2.37. The van der Waals surface area contributed by atoms with Gasteiger partial charge in [0.1, 0.15) is 0 Å². The molecule has 0 bridgehead atoms. The van der Waals surface area contributed by atoms with E-state index in [0.717, 1.165) is 27.1 Å². The Kier molecular flexibility index (Phi) is 4.31. The molecule has 1 aromatic heterocycles. The van der Waals surface area contributed by atoms with Gasteiger partial charge in [0.05, 0.1) is 5.75 Å². The van der Waals surface area contributed by atoms with Crippen molar-refractivity contribution in [1.29, 1.82) is 0 Å². The summed E-state index contributed by atoms with van der Waals surface area (Å²) in [6, 6.07) is 13.0. The highest BCUT2D eigenvalue weighted by atomic mass is 32.2. The molecular weight excluding hydrogens is 339 g/mol. The molecule has 0 spiro atoms. The van der Waals surface area contributed by atoms with E-state index in [2.05, 4.69) is 10.2 Å². The fraction of sp³-hybridized carbons (Fsp3) is 0.188. The van der Waals surface area contributed by atoms with Gasteiger partial charge in [-0.05, 0) is 16.8 Å². The molecule has 3 rings (SSSR count). The van der Waals surface area contributed by atoms with Crippen molar-refractivity contribution >= 4 is 28.3 Å². The number of hydrogen-bond acceptors (Lipinski definition) is 4. The summed E-state index contributed by atoms with van der Waals surface area (Å²) < 4.78 is 38.9. The minimum absolute atomic E-state index is 0.0117. The molecule has 8 heteroatoms. The van der Waals surface area contributed by atoms with Gasteiger partial charge in [0.25, 0.3) is 0 Å². The van der Waals surface area contributed by atoms with E-state index in [1.807, 2.05) is 30.3 Å². The number of fused-ring (bicyclic) bond motifs is 1. The number of ketones is 1. The van der Waals surface area contributed by atoms with Gasteiger partial charge in [-0.25, -0.2) is 0 Å². The van der Waals surface area contributed by atoms with Gasteiger partial charge in [-0.15, -0.1) is 10.2 Å². The number of Topliss-reactive ketones (excluding diaryl/α,β-unsaturated/α-hetero) is 1. The molecule has 0 N–H and O–H groups in total. The molecule has 0 unspecified atom stereocenters. The molecule has 0 saturated heterocycles. The van der Waals surface area contributed by atoms with Crippen LogP contribution in [-0.2, 0) is 13.2 Å². The van der Waals surface area contributed by atoms with Crippen molar-refractivity contribution in [2.24, 2.45) is 7.05 Å². The van der Waals surface area contributed by atoms with E-state index in [0.29, 0.717) is 5.56 Å². The maximum atomic E-state index is 12.7. The summed E-state index contributed by atoms with van der Waals surface area (Å²) in [7, 11) is 1.23. The van der Waals surface area contributed by atoms with Crippen LogP contribution in [0.5, 0.6) is 0 Å². The number of hydrogen-bond donors (Lipinski definition) is 0. The number of alkyl halides is 3. The Bertz CT molecular complexity index is 905. The molecule has 1 heterocycles. The van der Waals surface area contributed by atoms with Crippen molar-refractivity contribution < 1.29 is 18.0 Å². The summed E-state index contributed by atoms with van der Waals surface area (Å²) >= 11 is 0.932. The molecule has 0 amide bonds. The van der Waals surface area contributed by atoms with Gasteiger partial charge in [0, 0.05) is 12.6 Å². The van der Waals surface area contributed by atoms with Gasteiger partial charge in [-0.2, -0.15) is 13.2 Å². The molecule has 0 fully saturated rings. The summed E-state index contributed by atoms with van der Waals surface area (Å²) in [5, 5.41) is 8.64. The maximum absolute atomic E-state index is 12.7. The Morgan fingerprint density at radius 2 is 1.83 bits per heavy atom. The van der Waals surface area contributed by atoms with Crippen LogP contribution in [0.25, 0.3) is 10.8 Å². The highest BCUT2D eigenvalue weighted by molar-refractivity contribution is 7.99. The number of benzene rings is 2. The molecule has 24 heavy (non-hydrogen) atoms. The lowest BCUT2D eigenvalue weighted by atomic mass is 10.1. The highest BCUT2D eigenvalue weighted by Crippen LogP contribution is 2.29. The van der Waals surface area contributed by atoms with Crippen LogP contribution < -0.4 is 0 Å². The second-order valence-electron chi connectivity index (χ2n) is 5.14. The predicted octanol–water partition coefficient (Wildman–Crippen LogP) is 3.96. The average Bonchev–Trinajstić information content (AvgIpc) is 2.93. The minimum Gasteiger partial charge on any atom is -0.302 e. The molecule has 4 nitrogen and oxygen atoms in total. The topological polar surface area (TPSA) is 47.8 Å². The Labute approximate surface area is 139 Å². The Morgan fingerprint density at radius 1 is 1.12 bits per heavy atom. The Hall–Kier alpha value is -2.35. The number of carbonyl (C=O) groups excluding carboxylic acids is 1. The number of nitrogens with zero attached hydrogens (tertiary/aromatic N) is 3. The average molecular weight is 351 g/mol. The van der Waals surface area contributed by atoms with Crippen LogP contribution in [0.15, 0.2) is 47.6 Å². The van der Waals surface area contributed by atoms with Crippen LogP contribution >= 0.6 is 11.8 Å². The van der Waals surface area contributed by atoms with Crippen molar-refractivity contribution in [1.82, 2.24) is 14.8 Å². The number of rotatable bonds is 4. The van der Waals surface area contributed by atoms with Gasteiger partial charge in [-0.1, -0.05) is 48.2 Å². The third-order valence-corrected chi connectivity index (χ3v) is 4.51. The zero-order chi connectivity index (χ0) is 17.3. The Balaban J connectivity index is 1.74. The molecule has 3 aromatic rings. The molecule has 0 saturated carbocycles. The summed E-state index contributed by atoms with van der Waals surface area (Å²) in [6.45, 7) is 0. The van der Waals surface area contributed by atoms with Gasteiger partial charge in [-0.3, -0.25) is 4.79 Å².